The van der Waals surface area contributed by atoms with Crippen molar-refractivity contribution in [2.45, 2.75) is 18.9 Å². The molecule has 8 heteroatoms. The van der Waals surface area contributed by atoms with Crippen LogP contribution in [-0.4, -0.2) is 52.4 Å². The number of benzene rings is 1. The Kier molecular flexibility index (Phi) is 4.97. The second kappa shape index (κ2) is 7.71. The van der Waals surface area contributed by atoms with Gasteiger partial charge < -0.3 is 15.4 Å². The number of carbonyl (C=O) groups excluding carboxylic acids is 1. The molecule has 0 unspecified atom stereocenters. The van der Waals surface area contributed by atoms with E-state index in [4.69, 9.17) is 9.84 Å². The van der Waals surface area contributed by atoms with Crippen LogP contribution in [-0.2, 0) is 6.54 Å². The summed E-state index contributed by atoms with van der Waals surface area (Å²) in [4.78, 5) is 21.4. The highest BCUT2D eigenvalue weighted by atomic mass is 16.5. The van der Waals surface area contributed by atoms with Gasteiger partial charge in [0.25, 0.3) is 5.91 Å². The summed E-state index contributed by atoms with van der Waals surface area (Å²) in [5, 5.41) is 11.0. The summed E-state index contributed by atoms with van der Waals surface area (Å²) >= 11 is 0. The van der Waals surface area contributed by atoms with Gasteiger partial charge in [0, 0.05) is 31.4 Å². The summed E-state index contributed by atoms with van der Waals surface area (Å²) in [7, 11) is 1.56. The van der Waals surface area contributed by atoms with Gasteiger partial charge in [-0.15, -0.1) is 0 Å². The standard InChI is InChI=1S/C19H22N6O2/c1-27-15-5-3-2-4-14(15)19(26)23-10-11-25-18-17(21-8-9-22-18)16(24-25)13-6-7-20-12-13/h2-5,8-9,13,20H,6-7,10-12H2,1H3,(H,23,26)/t13-/m0/s1. The van der Waals surface area contributed by atoms with Gasteiger partial charge in [0.2, 0.25) is 0 Å². The van der Waals surface area contributed by atoms with Gasteiger partial charge in [-0.05, 0) is 25.1 Å². The van der Waals surface area contributed by atoms with E-state index in [1.807, 2.05) is 16.8 Å². The maximum atomic E-state index is 12.4. The number of methoxy groups -OCH3 is 1. The number of aromatic nitrogens is 4. The predicted octanol–water partition coefficient (Wildman–Crippen LogP) is 1.34. The third kappa shape index (κ3) is 3.48. The van der Waals surface area contributed by atoms with Gasteiger partial charge in [-0.3, -0.25) is 4.79 Å². The van der Waals surface area contributed by atoms with Crippen LogP contribution >= 0.6 is 0 Å². The van der Waals surface area contributed by atoms with Gasteiger partial charge in [0.1, 0.15) is 11.3 Å². The Balaban J connectivity index is 1.48. The van der Waals surface area contributed by atoms with Gasteiger partial charge in [0.15, 0.2) is 5.65 Å². The van der Waals surface area contributed by atoms with Crippen LogP contribution in [0.4, 0.5) is 0 Å². The van der Waals surface area contributed by atoms with Crippen LogP contribution in [0.15, 0.2) is 36.7 Å². The number of hydrogen-bond acceptors (Lipinski definition) is 6. The van der Waals surface area contributed by atoms with E-state index in [2.05, 4.69) is 20.6 Å². The lowest BCUT2D eigenvalue weighted by molar-refractivity contribution is 0.0949. The van der Waals surface area contributed by atoms with Crippen LogP contribution in [0.3, 0.4) is 0 Å². The van der Waals surface area contributed by atoms with Crippen LogP contribution < -0.4 is 15.4 Å². The van der Waals surface area contributed by atoms with E-state index in [1.54, 1.807) is 31.6 Å². The molecule has 0 radical (unpaired) electrons. The van der Waals surface area contributed by atoms with Crippen LogP contribution in [0.25, 0.3) is 11.2 Å². The van der Waals surface area contributed by atoms with Crippen molar-refractivity contribution in [3.63, 3.8) is 0 Å². The molecule has 3 aromatic rings. The average Bonchev–Trinajstić information content (AvgIpc) is 3.36. The first-order valence-electron chi connectivity index (χ1n) is 9.07. The zero-order chi connectivity index (χ0) is 18.6. The number of carbonyl (C=O) groups is 1. The predicted molar refractivity (Wildman–Crippen MR) is 101 cm³/mol. The first-order chi connectivity index (χ1) is 13.3. The molecule has 1 amide bonds. The monoisotopic (exact) mass is 366 g/mol. The number of hydrogen-bond donors (Lipinski definition) is 2. The molecule has 1 saturated heterocycles. The highest BCUT2D eigenvalue weighted by molar-refractivity contribution is 5.96. The summed E-state index contributed by atoms with van der Waals surface area (Å²) < 4.78 is 7.08. The van der Waals surface area contributed by atoms with E-state index in [9.17, 15) is 4.79 Å². The average molecular weight is 366 g/mol. The van der Waals surface area contributed by atoms with Crippen molar-refractivity contribution in [1.29, 1.82) is 0 Å². The Morgan fingerprint density at radius 1 is 1.33 bits per heavy atom. The number of fused-ring (bicyclic) bond motifs is 1. The van der Waals surface area contributed by atoms with Crippen molar-refractivity contribution in [2.75, 3.05) is 26.7 Å². The van der Waals surface area contributed by atoms with Gasteiger partial charge in [-0.1, -0.05) is 12.1 Å². The second-order valence-corrected chi connectivity index (χ2v) is 6.48. The zero-order valence-corrected chi connectivity index (χ0v) is 15.2. The summed E-state index contributed by atoms with van der Waals surface area (Å²) in [5.74, 6) is 0.741. The van der Waals surface area contributed by atoms with Crippen LogP contribution in [0.5, 0.6) is 5.75 Å². The molecule has 1 aromatic carbocycles. The number of nitrogens with one attached hydrogen (secondary N) is 2. The second-order valence-electron chi connectivity index (χ2n) is 6.48. The van der Waals surface area contributed by atoms with E-state index >= 15 is 0 Å². The molecule has 27 heavy (non-hydrogen) atoms. The number of ether oxygens (including phenoxy) is 1. The fourth-order valence-corrected chi connectivity index (χ4v) is 3.45. The zero-order valence-electron chi connectivity index (χ0n) is 15.2. The Bertz CT molecular complexity index is 948. The third-order valence-corrected chi connectivity index (χ3v) is 4.80. The molecule has 1 aliphatic rings. The van der Waals surface area contributed by atoms with Crippen molar-refractivity contribution in [2.24, 2.45) is 0 Å². The Labute approximate surface area is 157 Å². The van der Waals surface area contributed by atoms with E-state index in [0.717, 1.165) is 36.4 Å². The number of nitrogens with zero attached hydrogens (tertiary/aromatic N) is 4. The summed E-state index contributed by atoms with van der Waals surface area (Å²) in [6.45, 7) is 2.87. The van der Waals surface area contributed by atoms with Crippen molar-refractivity contribution in [3.05, 3.63) is 47.9 Å². The maximum absolute atomic E-state index is 12.4. The normalized spacial score (nSPS) is 16.6. The fraction of sp³-hybridized carbons (Fsp3) is 0.368. The highest BCUT2D eigenvalue weighted by Gasteiger charge is 2.24. The lowest BCUT2D eigenvalue weighted by Gasteiger charge is -2.09. The molecule has 3 heterocycles. The fourth-order valence-electron chi connectivity index (χ4n) is 3.45. The highest BCUT2D eigenvalue weighted by Crippen LogP contribution is 2.26. The molecule has 1 atom stereocenters. The SMILES string of the molecule is COc1ccccc1C(=O)NCCn1nc([C@H]2CCNC2)c2nccnc21. The van der Waals surface area contributed by atoms with Gasteiger partial charge in [-0.2, -0.15) is 5.10 Å². The first-order valence-corrected chi connectivity index (χ1v) is 9.07. The van der Waals surface area contributed by atoms with Gasteiger partial charge in [-0.25, -0.2) is 14.6 Å². The molecule has 2 aromatic heterocycles. The molecular formula is C19H22N6O2. The molecule has 0 saturated carbocycles. The minimum absolute atomic E-state index is 0.171. The molecular weight excluding hydrogens is 344 g/mol. The molecule has 0 spiro atoms. The van der Waals surface area contributed by atoms with E-state index in [-0.39, 0.29) is 5.91 Å². The number of amides is 1. The minimum Gasteiger partial charge on any atom is -0.496 e. The van der Waals surface area contributed by atoms with E-state index in [0.29, 0.717) is 30.3 Å². The molecule has 1 aliphatic heterocycles. The first kappa shape index (κ1) is 17.4. The van der Waals surface area contributed by atoms with Crippen molar-refractivity contribution in [3.8, 4) is 5.75 Å². The smallest absolute Gasteiger partial charge is 0.255 e. The molecule has 1 fully saturated rings. The summed E-state index contributed by atoms with van der Waals surface area (Å²) in [5.41, 5.74) is 3.11. The van der Waals surface area contributed by atoms with Gasteiger partial charge >= 0.3 is 0 Å². The largest absolute Gasteiger partial charge is 0.496 e. The molecule has 4 rings (SSSR count). The molecule has 0 aliphatic carbocycles. The molecule has 0 bridgehead atoms. The Hall–Kier alpha value is -3.00. The van der Waals surface area contributed by atoms with Crippen molar-refractivity contribution >= 4 is 17.1 Å². The van der Waals surface area contributed by atoms with Crippen molar-refractivity contribution in [1.82, 2.24) is 30.4 Å². The van der Waals surface area contributed by atoms with Crippen molar-refractivity contribution < 1.29 is 9.53 Å². The summed E-state index contributed by atoms with van der Waals surface area (Å²) in [6, 6.07) is 7.17. The van der Waals surface area contributed by atoms with Crippen LogP contribution in [0, 0.1) is 0 Å². The molecule has 8 nitrogen and oxygen atoms in total. The maximum Gasteiger partial charge on any atom is 0.255 e. The number of rotatable bonds is 6. The number of para-hydroxylation sites is 1. The quantitative estimate of drug-likeness (QED) is 0.684. The lowest BCUT2D eigenvalue weighted by atomic mass is 10.0. The van der Waals surface area contributed by atoms with Gasteiger partial charge in [0.05, 0.1) is 24.9 Å². The lowest BCUT2D eigenvalue weighted by Crippen LogP contribution is -2.28. The van der Waals surface area contributed by atoms with E-state index in [1.165, 1.54) is 0 Å². The minimum atomic E-state index is -0.171. The summed E-state index contributed by atoms with van der Waals surface area (Å²) in [6.07, 6.45) is 4.42. The topological polar surface area (TPSA) is 94.0 Å². The molecule has 140 valence electrons. The Morgan fingerprint density at radius 3 is 3.00 bits per heavy atom. The Morgan fingerprint density at radius 2 is 2.19 bits per heavy atom. The van der Waals surface area contributed by atoms with Crippen LogP contribution in [0.1, 0.15) is 28.4 Å². The molecule has 2 N–H and O–H groups in total. The van der Waals surface area contributed by atoms with E-state index < -0.39 is 0 Å². The third-order valence-electron chi connectivity index (χ3n) is 4.80. The van der Waals surface area contributed by atoms with Crippen LogP contribution in [0.2, 0.25) is 0 Å².